The fraction of sp³-hybridized carbons (Fsp3) is 0.278. The van der Waals surface area contributed by atoms with E-state index >= 15 is 0 Å². The molecule has 0 radical (unpaired) electrons. The van der Waals surface area contributed by atoms with Crippen molar-refractivity contribution in [2.24, 2.45) is 0 Å². The molecule has 0 saturated carbocycles. The minimum Gasteiger partial charge on any atom is -0.489 e. The number of hydrogen-bond acceptors (Lipinski definition) is 7. The SMILES string of the molecule is COC(=O)[C@H](COc1cc2c(cnn2COCC[Si](C)(C)C)cc1N)NC(c1ccccc1)(c1ccccc1)c1ccccc1. The number of hydrogen-bond donors (Lipinski definition) is 2. The van der Waals surface area contributed by atoms with Crippen LogP contribution >= 0.6 is 0 Å². The molecular weight excluding hydrogens is 581 g/mol. The van der Waals surface area contributed by atoms with Crippen molar-refractivity contribution in [3.8, 4) is 5.75 Å². The number of nitrogen functional groups attached to an aromatic ring is 1. The van der Waals surface area contributed by atoms with Gasteiger partial charge in [-0.3, -0.25) is 10.1 Å². The lowest BCUT2D eigenvalue weighted by Gasteiger charge is -2.39. The molecule has 0 spiro atoms. The van der Waals surface area contributed by atoms with Crippen molar-refractivity contribution in [2.45, 2.75) is 44.0 Å². The van der Waals surface area contributed by atoms with Gasteiger partial charge in [-0.15, -0.1) is 0 Å². The zero-order valence-corrected chi connectivity index (χ0v) is 27.4. The third-order valence-corrected chi connectivity index (χ3v) is 9.59. The molecule has 0 unspecified atom stereocenters. The Kier molecular flexibility index (Phi) is 10.0. The number of rotatable bonds is 14. The van der Waals surface area contributed by atoms with Gasteiger partial charge in [0, 0.05) is 26.1 Å². The third-order valence-electron chi connectivity index (χ3n) is 7.89. The number of nitrogens with zero attached hydrogens (tertiary/aromatic N) is 2. The minimum atomic E-state index is -1.20. The van der Waals surface area contributed by atoms with E-state index in [1.54, 1.807) is 10.9 Å². The first-order valence-electron chi connectivity index (χ1n) is 15.2. The van der Waals surface area contributed by atoms with Crippen LogP contribution in [0, 0.1) is 0 Å². The highest BCUT2D eigenvalue weighted by Gasteiger charge is 2.40. The molecule has 0 aliphatic heterocycles. The smallest absolute Gasteiger partial charge is 0.326 e. The minimum absolute atomic E-state index is 0.0303. The Morgan fingerprint density at radius 3 is 1.98 bits per heavy atom. The van der Waals surface area contributed by atoms with E-state index < -0.39 is 25.6 Å². The molecule has 4 aromatic carbocycles. The van der Waals surface area contributed by atoms with Crippen LogP contribution in [0.2, 0.25) is 25.7 Å². The maximum atomic E-state index is 13.4. The average molecular weight is 623 g/mol. The lowest BCUT2D eigenvalue weighted by Crippen LogP contribution is -2.55. The number of anilines is 1. The molecule has 5 aromatic rings. The van der Waals surface area contributed by atoms with Crippen LogP contribution in [0.3, 0.4) is 0 Å². The molecular formula is C36H42N4O4Si. The van der Waals surface area contributed by atoms with Crippen molar-refractivity contribution in [1.29, 1.82) is 0 Å². The second kappa shape index (κ2) is 14.1. The van der Waals surface area contributed by atoms with Crippen molar-refractivity contribution in [3.63, 3.8) is 0 Å². The van der Waals surface area contributed by atoms with Gasteiger partial charge in [-0.05, 0) is 28.8 Å². The van der Waals surface area contributed by atoms with Gasteiger partial charge in [-0.25, -0.2) is 4.68 Å². The molecule has 0 aliphatic rings. The predicted octanol–water partition coefficient (Wildman–Crippen LogP) is 6.43. The number of benzene rings is 4. The molecule has 9 heteroatoms. The van der Waals surface area contributed by atoms with Crippen molar-refractivity contribution >= 4 is 30.6 Å². The summed E-state index contributed by atoms with van der Waals surface area (Å²) in [5.41, 5.74) is 9.73. The summed E-state index contributed by atoms with van der Waals surface area (Å²) < 4.78 is 19.4. The number of esters is 1. The Morgan fingerprint density at radius 1 is 0.911 bits per heavy atom. The average Bonchev–Trinajstić information content (AvgIpc) is 3.44. The van der Waals surface area contributed by atoms with Gasteiger partial charge in [-0.2, -0.15) is 5.10 Å². The molecule has 1 atom stereocenters. The van der Waals surface area contributed by atoms with Crippen LogP contribution in [0.1, 0.15) is 16.7 Å². The van der Waals surface area contributed by atoms with E-state index in [1.165, 1.54) is 7.11 Å². The van der Waals surface area contributed by atoms with Gasteiger partial charge in [0.1, 0.15) is 25.1 Å². The molecule has 0 amide bonds. The van der Waals surface area contributed by atoms with Crippen LogP contribution in [0.5, 0.6) is 5.75 Å². The number of carbonyl (C=O) groups is 1. The van der Waals surface area contributed by atoms with E-state index in [0.29, 0.717) is 24.8 Å². The van der Waals surface area contributed by atoms with Gasteiger partial charge in [0.05, 0.1) is 30.0 Å². The van der Waals surface area contributed by atoms with Crippen molar-refractivity contribution in [2.75, 3.05) is 26.1 Å². The highest BCUT2D eigenvalue weighted by atomic mass is 28.3. The molecule has 234 valence electrons. The number of methoxy groups -OCH3 is 1. The molecule has 5 rings (SSSR count). The van der Waals surface area contributed by atoms with Crippen LogP contribution in [-0.2, 0) is 26.5 Å². The van der Waals surface area contributed by atoms with Crippen LogP contribution in [-0.4, -0.2) is 50.2 Å². The Balaban J connectivity index is 1.47. The Morgan fingerprint density at radius 2 is 1.47 bits per heavy atom. The summed E-state index contributed by atoms with van der Waals surface area (Å²) in [6.07, 6.45) is 1.77. The molecule has 1 aromatic heterocycles. The fourth-order valence-corrected chi connectivity index (χ4v) is 6.20. The first kappa shape index (κ1) is 32.0. The number of ether oxygens (including phenoxy) is 3. The topological polar surface area (TPSA) is 101 Å². The number of aromatic nitrogens is 2. The van der Waals surface area contributed by atoms with Crippen molar-refractivity contribution in [1.82, 2.24) is 15.1 Å². The van der Waals surface area contributed by atoms with Gasteiger partial charge in [0.2, 0.25) is 0 Å². The zero-order valence-electron chi connectivity index (χ0n) is 26.4. The summed E-state index contributed by atoms with van der Waals surface area (Å²) in [7, 11) is 0.181. The molecule has 0 aliphatic carbocycles. The van der Waals surface area contributed by atoms with Gasteiger partial charge >= 0.3 is 5.97 Å². The standard InChI is InChI=1S/C36H42N4O4Si/c1-42-35(41)32(25-44-34-23-33-27(22-31(34)37)24-38-40(33)26-43-20-21-45(2,3)4)39-36(28-14-8-5-9-15-28,29-16-10-6-11-17-29)30-18-12-7-13-19-30/h5-19,22-24,32,39H,20-21,25-26,37H2,1-4H3/t32-/m0/s1. The van der Waals surface area contributed by atoms with E-state index in [9.17, 15) is 4.79 Å². The summed E-state index contributed by atoms with van der Waals surface area (Å²) >= 11 is 0. The highest BCUT2D eigenvalue weighted by molar-refractivity contribution is 6.76. The summed E-state index contributed by atoms with van der Waals surface area (Å²) in [5.74, 6) is -0.00514. The fourth-order valence-electron chi connectivity index (χ4n) is 5.44. The van der Waals surface area contributed by atoms with E-state index in [2.05, 4.69) is 66.5 Å². The normalized spacial score (nSPS) is 12.6. The maximum Gasteiger partial charge on any atom is 0.326 e. The van der Waals surface area contributed by atoms with Crippen molar-refractivity contribution < 1.29 is 19.0 Å². The summed E-state index contributed by atoms with van der Waals surface area (Å²) in [6, 6.07) is 34.1. The maximum absolute atomic E-state index is 13.4. The quantitative estimate of drug-likeness (QED) is 0.0484. The van der Waals surface area contributed by atoms with Gasteiger partial charge < -0.3 is 19.9 Å². The van der Waals surface area contributed by atoms with E-state index in [1.807, 2.05) is 66.7 Å². The molecule has 0 fully saturated rings. The van der Waals surface area contributed by atoms with Crippen LogP contribution in [0.15, 0.2) is 109 Å². The predicted molar refractivity (Wildman–Crippen MR) is 182 cm³/mol. The summed E-state index contributed by atoms with van der Waals surface area (Å²) in [6.45, 7) is 7.97. The number of nitrogens with two attached hydrogens (primary N) is 1. The monoisotopic (exact) mass is 622 g/mol. The third kappa shape index (κ3) is 7.45. The van der Waals surface area contributed by atoms with Crippen LogP contribution in [0.4, 0.5) is 5.69 Å². The molecule has 45 heavy (non-hydrogen) atoms. The Bertz CT molecular complexity index is 1590. The number of carbonyl (C=O) groups excluding carboxylic acids is 1. The highest BCUT2D eigenvalue weighted by Crippen LogP contribution is 2.37. The number of fused-ring (bicyclic) bond motifs is 1. The Labute approximate surface area is 266 Å². The van der Waals surface area contributed by atoms with Gasteiger partial charge in [0.15, 0.2) is 0 Å². The second-order valence-corrected chi connectivity index (χ2v) is 17.9. The molecule has 0 bridgehead atoms. The molecule has 8 nitrogen and oxygen atoms in total. The summed E-state index contributed by atoms with van der Waals surface area (Å²) in [4.78, 5) is 13.4. The van der Waals surface area contributed by atoms with Crippen LogP contribution < -0.4 is 15.8 Å². The van der Waals surface area contributed by atoms with Gasteiger partial charge in [-0.1, -0.05) is 111 Å². The molecule has 0 saturated heterocycles. The van der Waals surface area contributed by atoms with E-state index in [0.717, 1.165) is 33.6 Å². The largest absolute Gasteiger partial charge is 0.489 e. The molecule has 3 N–H and O–H groups in total. The van der Waals surface area contributed by atoms with Crippen LogP contribution in [0.25, 0.3) is 10.9 Å². The van der Waals surface area contributed by atoms with E-state index in [4.69, 9.17) is 19.9 Å². The first-order chi connectivity index (χ1) is 21.7. The first-order valence-corrected chi connectivity index (χ1v) is 18.9. The lowest BCUT2D eigenvalue weighted by atomic mass is 9.76. The van der Waals surface area contributed by atoms with E-state index in [-0.39, 0.29) is 6.61 Å². The van der Waals surface area contributed by atoms with Gasteiger partial charge in [0.25, 0.3) is 0 Å². The number of nitrogens with one attached hydrogen (secondary N) is 1. The summed E-state index contributed by atoms with van der Waals surface area (Å²) in [5, 5.41) is 9.06. The zero-order chi connectivity index (χ0) is 31.9. The molecule has 1 heterocycles. The lowest BCUT2D eigenvalue weighted by molar-refractivity contribution is -0.144. The van der Waals surface area contributed by atoms with Crippen molar-refractivity contribution in [3.05, 3.63) is 126 Å². The second-order valence-electron chi connectivity index (χ2n) is 12.3. The Hall–Kier alpha value is -4.44.